The highest BCUT2D eigenvalue weighted by molar-refractivity contribution is 9.10. The smallest absolute Gasteiger partial charge is 0.237 e. The zero-order valence-corrected chi connectivity index (χ0v) is 13.1. The van der Waals surface area contributed by atoms with Crippen molar-refractivity contribution in [2.45, 2.75) is 6.54 Å². The monoisotopic (exact) mass is 343 g/mol. The van der Waals surface area contributed by atoms with Crippen molar-refractivity contribution in [1.29, 1.82) is 0 Å². The number of halogens is 1. The van der Waals surface area contributed by atoms with Gasteiger partial charge in [0.2, 0.25) is 5.88 Å². The van der Waals surface area contributed by atoms with Crippen molar-refractivity contribution in [3.63, 3.8) is 0 Å². The molecule has 1 N–H and O–H groups in total. The van der Waals surface area contributed by atoms with Crippen LogP contribution in [0, 0.1) is 0 Å². The molecule has 1 aromatic heterocycles. The average Bonchev–Trinajstić information content (AvgIpc) is 2.50. The third kappa shape index (κ3) is 3.37. The number of aromatic nitrogens is 2. The lowest BCUT2D eigenvalue weighted by Crippen LogP contribution is -2.07. The van der Waals surface area contributed by atoms with Gasteiger partial charge in [-0.3, -0.25) is 4.98 Å². The molecule has 0 unspecified atom stereocenters. The van der Waals surface area contributed by atoms with Gasteiger partial charge in [-0.15, -0.1) is 0 Å². The van der Waals surface area contributed by atoms with E-state index in [1.165, 1.54) is 0 Å². The Balaban J connectivity index is 1.82. The maximum atomic E-state index is 5.74. The topological polar surface area (TPSA) is 47.0 Å². The number of fused-ring (bicyclic) bond motifs is 1. The Morgan fingerprint density at radius 1 is 1.05 bits per heavy atom. The van der Waals surface area contributed by atoms with Crippen LogP contribution in [0.1, 0.15) is 5.69 Å². The largest absolute Gasteiger partial charge is 0.437 e. The molecule has 5 heteroatoms. The summed E-state index contributed by atoms with van der Waals surface area (Å²) in [6.07, 6.45) is 3.35. The second kappa shape index (κ2) is 6.20. The molecule has 0 saturated carbocycles. The highest BCUT2D eigenvalue weighted by Crippen LogP contribution is 2.26. The van der Waals surface area contributed by atoms with E-state index in [9.17, 15) is 0 Å². The van der Waals surface area contributed by atoms with Crippen LogP contribution >= 0.6 is 15.9 Å². The Hall–Kier alpha value is -1.98. The summed E-state index contributed by atoms with van der Waals surface area (Å²) in [7, 11) is 1.87. The number of hydrogen-bond donors (Lipinski definition) is 1. The van der Waals surface area contributed by atoms with Crippen LogP contribution in [0.4, 0.5) is 0 Å². The van der Waals surface area contributed by atoms with Gasteiger partial charge in [-0.2, -0.15) is 0 Å². The molecule has 2 aromatic carbocycles. The molecule has 0 saturated heterocycles. The van der Waals surface area contributed by atoms with Crippen molar-refractivity contribution in [1.82, 2.24) is 15.3 Å². The van der Waals surface area contributed by atoms with Crippen molar-refractivity contribution in [2.75, 3.05) is 7.05 Å². The normalized spacial score (nSPS) is 10.8. The Kier molecular flexibility index (Phi) is 4.13. The van der Waals surface area contributed by atoms with Crippen molar-refractivity contribution in [2.24, 2.45) is 0 Å². The van der Waals surface area contributed by atoms with Gasteiger partial charge in [0.05, 0.1) is 18.1 Å². The number of benzene rings is 2. The van der Waals surface area contributed by atoms with Gasteiger partial charge in [0.25, 0.3) is 0 Å². The summed E-state index contributed by atoms with van der Waals surface area (Å²) in [5.74, 6) is 1.24. The number of rotatable bonds is 4. The van der Waals surface area contributed by atoms with Gasteiger partial charge in [0, 0.05) is 11.0 Å². The second-order valence-electron chi connectivity index (χ2n) is 4.63. The Morgan fingerprint density at radius 2 is 1.86 bits per heavy atom. The van der Waals surface area contributed by atoms with E-state index in [0.29, 0.717) is 12.4 Å². The zero-order chi connectivity index (χ0) is 14.7. The summed E-state index contributed by atoms with van der Waals surface area (Å²) in [5, 5.41) is 5.31. The summed E-state index contributed by atoms with van der Waals surface area (Å²) < 4.78 is 6.81. The first kappa shape index (κ1) is 14.0. The van der Waals surface area contributed by atoms with Crippen LogP contribution in [0.5, 0.6) is 11.6 Å². The van der Waals surface area contributed by atoms with E-state index < -0.39 is 0 Å². The highest BCUT2D eigenvalue weighted by Gasteiger charge is 2.02. The summed E-state index contributed by atoms with van der Waals surface area (Å²) in [6.45, 7) is 0.693. The fraction of sp³-hybridized carbons (Fsp3) is 0.125. The number of hydrogen-bond acceptors (Lipinski definition) is 4. The molecule has 4 nitrogen and oxygen atoms in total. The summed E-state index contributed by atoms with van der Waals surface area (Å²) in [4.78, 5) is 8.54. The second-order valence-corrected chi connectivity index (χ2v) is 5.55. The van der Waals surface area contributed by atoms with Gasteiger partial charge in [-0.25, -0.2) is 4.98 Å². The molecule has 0 atom stereocenters. The molecule has 0 bridgehead atoms. The van der Waals surface area contributed by atoms with Crippen LogP contribution in [0.3, 0.4) is 0 Å². The average molecular weight is 344 g/mol. The van der Waals surface area contributed by atoms with Gasteiger partial charge in [-0.05, 0) is 42.1 Å². The molecule has 3 rings (SSSR count). The van der Waals surface area contributed by atoms with E-state index in [-0.39, 0.29) is 0 Å². The molecule has 21 heavy (non-hydrogen) atoms. The molecule has 0 spiro atoms. The molecule has 3 aromatic rings. The highest BCUT2D eigenvalue weighted by atomic mass is 79.9. The first-order valence-electron chi connectivity index (χ1n) is 6.57. The molecular weight excluding hydrogens is 330 g/mol. The molecule has 0 radical (unpaired) electrons. The minimum absolute atomic E-state index is 0.492. The van der Waals surface area contributed by atoms with Crippen LogP contribution in [-0.4, -0.2) is 17.0 Å². The van der Waals surface area contributed by atoms with Gasteiger partial charge in [0.15, 0.2) is 0 Å². The third-order valence-electron chi connectivity index (χ3n) is 3.04. The molecule has 0 fully saturated rings. The molecule has 0 aliphatic carbocycles. The first-order valence-corrected chi connectivity index (χ1v) is 7.36. The van der Waals surface area contributed by atoms with Crippen LogP contribution in [0.25, 0.3) is 10.8 Å². The number of nitrogens with one attached hydrogen (secondary N) is 1. The number of ether oxygens (including phenoxy) is 1. The van der Waals surface area contributed by atoms with Crippen molar-refractivity contribution < 1.29 is 4.74 Å². The molecule has 0 aliphatic heterocycles. The molecule has 0 aliphatic rings. The van der Waals surface area contributed by atoms with E-state index in [0.717, 1.165) is 26.7 Å². The number of nitrogens with zero attached hydrogens (tertiary/aromatic N) is 2. The summed E-state index contributed by atoms with van der Waals surface area (Å²) in [5.41, 5.74) is 0.883. The van der Waals surface area contributed by atoms with E-state index in [1.807, 2.05) is 37.4 Å². The minimum atomic E-state index is 0.492. The third-order valence-corrected chi connectivity index (χ3v) is 3.53. The Labute approximate surface area is 131 Å². The lowest BCUT2D eigenvalue weighted by atomic mass is 10.1. The van der Waals surface area contributed by atoms with E-state index >= 15 is 0 Å². The molecular formula is C16H14BrN3O. The molecule has 1 heterocycles. The molecule has 106 valence electrons. The standard InChI is InChI=1S/C16H14BrN3O/c1-18-8-14-9-20-16(10-19-14)21-15-5-3-11-6-13(17)4-2-12(11)7-15/h2-7,9-10,18H,8H2,1H3. The minimum Gasteiger partial charge on any atom is -0.437 e. The predicted molar refractivity (Wildman–Crippen MR) is 86.5 cm³/mol. The summed E-state index contributed by atoms with van der Waals surface area (Å²) >= 11 is 3.47. The lowest BCUT2D eigenvalue weighted by molar-refractivity contribution is 0.459. The van der Waals surface area contributed by atoms with Gasteiger partial charge in [0.1, 0.15) is 5.75 Å². The van der Waals surface area contributed by atoms with Crippen molar-refractivity contribution >= 4 is 26.7 Å². The fourth-order valence-corrected chi connectivity index (χ4v) is 2.43. The van der Waals surface area contributed by atoms with Crippen molar-refractivity contribution in [3.8, 4) is 11.6 Å². The van der Waals surface area contributed by atoms with Crippen LogP contribution in [-0.2, 0) is 6.54 Å². The van der Waals surface area contributed by atoms with Gasteiger partial charge < -0.3 is 10.1 Å². The first-order chi connectivity index (χ1) is 10.2. The van der Waals surface area contributed by atoms with Crippen LogP contribution < -0.4 is 10.1 Å². The van der Waals surface area contributed by atoms with E-state index in [1.54, 1.807) is 12.4 Å². The Bertz CT molecular complexity index is 759. The lowest BCUT2D eigenvalue weighted by Gasteiger charge is -2.06. The van der Waals surface area contributed by atoms with Crippen LogP contribution in [0.2, 0.25) is 0 Å². The zero-order valence-electron chi connectivity index (χ0n) is 11.5. The van der Waals surface area contributed by atoms with Gasteiger partial charge >= 0.3 is 0 Å². The van der Waals surface area contributed by atoms with E-state index in [4.69, 9.17) is 4.74 Å². The maximum Gasteiger partial charge on any atom is 0.237 e. The Morgan fingerprint density at radius 3 is 2.62 bits per heavy atom. The maximum absolute atomic E-state index is 5.74. The van der Waals surface area contributed by atoms with E-state index in [2.05, 4.69) is 37.3 Å². The van der Waals surface area contributed by atoms with Crippen molar-refractivity contribution in [3.05, 3.63) is 59.0 Å². The SMILES string of the molecule is CNCc1cnc(Oc2ccc3cc(Br)ccc3c2)cn1. The van der Waals surface area contributed by atoms with Crippen LogP contribution in [0.15, 0.2) is 53.3 Å². The summed E-state index contributed by atoms with van der Waals surface area (Å²) in [6, 6.07) is 12.1. The quantitative estimate of drug-likeness (QED) is 0.780. The fourth-order valence-electron chi connectivity index (χ4n) is 2.05. The predicted octanol–water partition coefficient (Wildman–Crippen LogP) is 3.90. The molecule has 0 amide bonds. The van der Waals surface area contributed by atoms with Gasteiger partial charge in [-0.1, -0.05) is 28.1 Å².